The van der Waals surface area contributed by atoms with Gasteiger partial charge in [0, 0.05) is 24.9 Å². The van der Waals surface area contributed by atoms with Crippen molar-refractivity contribution in [2.75, 3.05) is 20.1 Å². The van der Waals surface area contributed by atoms with Crippen molar-refractivity contribution in [3.8, 4) is 0 Å². The molecule has 2 rings (SSSR count). The van der Waals surface area contributed by atoms with Gasteiger partial charge in [-0.1, -0.05) is 0 Å². The van der Waals surface area contributed by atoms with Gasteiger partial charge in [0.15, 0.2) is 0 Å². The lowest BCUT2D eigenvalue weighted by Crippen LogP contribution is -2.32. The van der Waals surface area contributed by atoms with Crippen LogP contribution in [-0.4, -0.2) is 58.4 Å². The van der Waals surface area contributed by atoms with Gasteiger partial charge < -0.3 is 14.9 Å². The van der Waals surface area contributed by atoms with Gasteiger partial charge in [0.05, 0.1) is 17.7 Å². The van der Waals surface area contributed by atoms with Crippen molar-refractivity contribution < 1.29 is 14.7 Å². The highest BCUT2D eigenvalue weighted by molar-refractivity contribution is 7.07. The Hall–Kier alpha value is -1.47. The number of aromatic nitrogens is 1. The van der Waals surface area contributed by atoms with E-state index in [1.165, 1.54) is 25.9 Å². The van der Waals surface area contributed by atoms with E-state index in [1.54, 1.807) is 16.2 Å². The molecule has 1 aliphatic rings. The molecule has 1 N–H and O–H groups in total. The molecule has 1 aromatic rings. The zero-order valence-electron chi connectivity index (χ0n) is 13.3. The van der Waals surface area contributed by atoms with Gasteiger partial charge in [0.1, 0.15) is 0 Å². The fourth-order valence-electron chi connectivity index (χ4n) is 2.53. The van der Waals surface area contributed by atoms with E-state index in [-0.39, 0.29) is 12.4 Å². The molecule has 7 heteroatoms. The maximum atomic E-state index is 12.1. The number of hydrogen-bond donors (Lipinski definition) is 1. The second-order valence-corrected chi connectivity index (χ2v) is 6.18. The third kappa shape index (κ3) is 6.53. The molecule has 1 fully saturated rings. The van der Waals surface area contributed by atoms with Gasteiger partial charge in [0.25, 0.3) is 6.47 Å². The van der Waals surface area contributed by atoms with E-state index in [0.717, 1.165) is 12.1 Å². The third-order valence-electron chi connectivity index (χ3n) is 3.85. The monoisotopic (exact) mass is 327 g/mol. The van der Waals surface area contributed by atoms with Crippen LogP contribution in [0, 0.1) is 0 Å². The lowest BCUT2D eigenvalue weighted by atomic mass is 10.1. The number of amides is 1. The molecule has 124 valence electrons. The van der Waals surface area contributed by atoms with Crippen LogP contribution in [0.25, 0.3) is 0 Å². The molecular weight excluding hydrogens is 302 g/mol. The topological polar surface area (TPSA) is 73.7 Å². The molecule has 0 aromatic carbocycles. The summed E-state index contributed by atoms with van der Waals surface area (Å²) in [5.41, 5.74) is 2.79. The summed E-state index contributed by atoms with van der Waals surface area (Å²) >= 11 is 1.57. The summed E-state index contributed by atoms with van der Waals surface area (Å²) in [6.45, 7) is 5.01. The van der Waals surface area contributed by atoms with Crippen molar-refractivity contribution in [1.82, 2.24) is 14.8 Å². The van der Waals surface area contributed by atoms with Crippen LogP contribution in [0.2, 0.25) is 0 Å². The Morgan fingerprint density at radius 1 is 1.55 bits per heavy atom. The Kier molecular flexibility index (Phi) is 8.69. The Morgan fingerprint density at radius 3 is 2.73 bits per heavy atom. The van der Waals surface area contributed by atoms with Crippen LogP contribution in [-0.2, 0) is 16.1 Å². The molecule has 6 nitrogen and oxygen atoms in total. The molecule has 0 radical (unpaired) electrons. The molecule has 2 heterocycles. The quantitative estimate of drug-likeness (QED) is 0.810. The van der Waals surface area contributed by atoms with Gasteiger partial charge in [-0.25, -0.2) is 4.98 Å². The zero-order chi connectivity index (χ0) is 16.4. The van der Waals surface area contributed by atoms with E-state index in [1.807, 2.05) is 17.9 Å². The van der Waals surface area contributed by atoms with Crippen LogP contribution in [0.3, 0.4) is 0 Å². The minimum absolute atomic E-state index is 0.221. The maximum Gasteiger partial charge on any atom is 0.290 e. The van der Waals surface area contributed by atoms with Crippen molar-refractivity contribution in [1.29, 1.82) is 0 Å². The number of thiazole rings is 1. The number of carbonyl (C=O) groups is 2. The average Bonchev–Trinajstić information content (AvgIpc) is 3.18. The van der Waals surface area contributed by atoms with Crippen molar-refractivity contribution in [3.63, 3.8) is 0 Å². The molecule has 1 amide bonds. The standard InChI is InChI=1S/C14H23N3OS.CH2O2/c1-12(17-7-3-4-8-17)5-6-14(18)16(2)9-13-10-19-11-15-13;2-1-3/h10-12H,3-9H2,1-2H3;1H,(H,2,3). The smallest absolute Gasteiger partial charge is 0.290 e. The molecular formula is C15H25N3O3S. The van der Waals surface area contributed by atoms with E-state index >= 15 is 0 Å². The Labute approximate surface area is 135 Å². The average molecular weight is 327 g/mol. The summed E-state index contributed by atoms with van der Waals surface area (Å²) in [5, 5.41) is 8.89. The van der Waals surface area contributed by atoms with Crippen LogP contribution in [0.5, 0.6) is 0 Å². The van der Waals surface area contributed by atoms with Crippen LogP contribution in [0.15, 0.2) is 10.9 Å². The minimum atomic E-state index is -0.250. The molecule has 1 aliphatic heterocycles. The highest BCUT2D eigenvalue weighted by Crippen LogP contribution is 2.15. The molecule has 22 heavy (non-hydrogen) atoms. The second kappa shape index (κ2) is 10.3. The van der Waals surface area contributed by atoms with Crippen LogP contribution < -0.4 is 0 Å². The predicted molar refractivity (Wildman–Crippen MR) is 86.8 cm³/mol. The first-order valence-electron chi connectivity index (χ1n) is 7.51. The van der Waals surface area contributed by atoms with Crippen molar-refractivity contribution in [3.05, 3.63) is 16.6 Å². The van der Waals surface area contributed by atoms with Gasteiger partial charge in [-0.3, -0.25) is 9.59 Å². The van der Waals surface area contributed by atoms with Crippen molar-refractivity contribution >= 4 is 23.7 Å². The largest absolute Gasteiger partial charge is 0.483 e. The Balaban J connectivity index is 0.000000745. The molecule has 1 atom stereocenters. The summed E-state index contributed by atoms with van der Waals surface area (Å²) in [4.78, 5) is 28.9. The SMILES string of the molecule is CC(CCC(=O)N(C)Cc1cscn1)N1CCCC1.O=CO. The molecule has 1 unspecified atom stereocenters. The van der Waals surface area contributed by atoms with E-state index < -0.39 is 0 Å². The Bertz CT molecular complexity index is 433. The normalized spacial score (nSPS) is 15.7. The molecule has 0 saturated carbocycles. The number of rotatable bonds is 6. The molecule has 1 saturated heterocycles. The number of likely N-dealkylation sites (tertiary alicyclic amines) is 1. The third-order valence-corrected chi connectivity index (χ3v) is 4.48. The summed E-state index contributed by atoms with van der Waals surface area (Å²) in [6.07, 6.45) is 4.21. The lowest BCUT2D eigenvalue weighted by Gasteiger charge is -2.24. The summed E-state index contributed by atoms with van der Waals surface area (Å²) in [5.74, 6) is 0.221. The fraction of sp³-hybridized carbons (Fsp3) is 0.667. The van der Waals surface area contributed by atoms with Gasteiger partial charge >= 0.3 is 0 Å². The highest BCUT2D eigenvalue weighted by Gasteiger charge is 2.19. The van der Waals surface area contributed by atoms with E-state index in [9.17, 15) is 4.79 Å². The fourth-order valence-corrected chi connectivity index (χ4v) is 3.08. The molecule has 1 aromatic heterocycles. The lowest BCUT2D eigenvalue weighted by molar-refractivity contribution is -0.130. The molecule has 0 bridgehead atoms. The first-order chi connectivity index (χ1) is 10.6. The number of nitrogens with zero attached hydrogens (tertiary/aromatic N) is 3. The second-order valence-electron chi connectivity index (χ2n) is 5.47. The van der Waals surface area contributed by atoms with Crippen molar-refractivity contribution in [2.24, 2.45) is 0 Å². The first-order valence-corrected chi connectivity index (χ1v) is 8.45. The van der Waals surface area contributed by atoms with E-state index in [0.29, 0.717) is 19.0 Å². The highest BCUT2D eigenvalue weighted by atomic mass is 32.1. The van der Waals surface area contributed by atoms with E-state index in [4.69, 9.17) is 9.90 Å². The van der Waals surface area contributed by atoms with Crippen LogP contribution >= 0.6 is 11.3 Å². The van der Waals surface area contributed by atoms with Gasteiger partial charge in [-0.15, -0.1) is 11.3 Å². The maximum absolute atomic E-state index is 12.1. The van der Waals surface area contributed by atoms with Gasteiger partial charge in [-0.05, 0) is 39.3 Å². The number of carboxylic acid groups (broad SMARTS) is 1. The minimum Gasteiger partial charge on any atom is -0.483 e. The summed E-state index contributed by atoms with van der Waals surface area (Å²) in [6, 6.07) is 0.527. The predicted octanol–water partition coefficient (Wildman–Crippen LogP) is 2.07. The summed E-state index contributed by atoms with van der Waals surface area (Å²) in [7, 11) is 1.86. The zero-order valence-corrected chi connectivity index (χ0v) is 14.1. The number of carbonyl (C=O) groups excluding carboxylic acids is 1. The van der Waals surface area contributed by atoms with Crippen LogP contribution in [0.4, 0.5) is 0 Å². The van der Waals surface area contributed by atoms with Gasteiger partial charge in [0.2, 0.25) is 5.91 Å². The Morgan fingerprint density at radius 2 is 2.18 bits per heavy atom. The van der Waals surface area contributed by atoms with Crippen molar-refractivity contribution in [2.45, 2.75) is 45.2 Å². The first kappa shape index (κ1) is 18.6. The molecule has 0 spiro atoms. The number of hydrogen-bond acceptors (Lipinski definition) is 5. The van der Waals surface area contributed by atoms with Crippen LogP contribution in [0.1, 0.15) is 38.3 Å². The summed E-state index contributed by atoms with van der Waals surface area (Å²) < 4.78 is 0. The molecule has 0 aliphatic carbocycles. The van der Waals surface area contributed by atoms with Gasteiger partial charge in [-0.2, -0.15) is 0 Å². The van der Waals surface area contributed by atoms with E-state index in [2.05, 4.69) is 16.8 Å².